The molecule has 2 aromatic rings. The number of halogens is 6. The van der Waals surface area contributed by atoms with Crippen LogP contribution < -0.4 is 0 Å². The van der Waals surface area contributed by atoms with Crippen molar-refractivity contribution in [2.75, 3.05) is 0 Å². The Balaban J connectivity index is 2.46. The molecule has 1 aliphatic carbocycles. The molecule has 0 amide bonds. The van der Waals surface area contributed by atoms with Gasteiger partial charge in [0.15, 0.2) is 0 Å². The van der Waals surface area contributed by atoms with E-state index in [0.29, 0.717) is 4.88 Å². The maximum Gasteiger partial charge on any atom is 0.380 e. The van der Waals surface area contributed by atoms with Crippen molar-refractivity contribution in [3.8, 4) is 0 Å². The smallest absolute Gasteiger partial charge is 0.194 e. The van der Waals surface area contributed by atoms with Gasteiger partial charge < -0.3 is 0 Å². The van der Waals surface area contributed by atoms with E-state index < -0.39 is 34.5 Å². The van der Waals surface area contributed by atoms with Gasteiger partial charge in [-0.15, -0.1) is 22.7 Å². The van der Waals surface area contributed by atoms with E-state index in [-0.39, 0.29) is 20.7 Å². The zero-order valence-electron chi connectivity index (χ0n) is 13.7. The van der Waals surface area contributed by atoms with Gasteiger partial charge >= 0.3 is 17.8 Å². The third-order valence-electron chi connectivity index (χ3n) is 4.04. The zero-order valence-corrected chi connectivity index (χ0v) is 14.4. The van der Waals surface area contributed by atoms with E-state index in [4.69, 9.17) is 1.37 Å². The van der Waals surface area contributed by atoms with Crippen molar-refractivity contribution in [2.24, 2.45) is 0 Å². The third-order valence-corrected chi connectivity index (χ3v) is 5.77. The average Bonchev–Trinajstić information content (AvgIpc) is 2.98. The molecule has 3 rings (SSSR count). The highest BCUT2D eigenvalue weighted by molar-refractivity contribution is 7.12. The maximum atomic E-state index is 14.5. The van der Waals surface area contributed by atoms with Gasteiger partial charge in [0.25, 0.3) is 0 Å². The molecule has 0 bridgehead atoms. The Bertz CT molecular complexity index is 820. The Labute approximate surface area is 143 Å². The number of alkyl halides is 6. The molecule has 24 heavy (non-hydrogen) atoms. The fourth-order valence-electron chi connectivity index (χ4n) is 2.89. The largest absolute Gasteiger partial charge is 0.380 e. The molecule has 0 radical (unpaired) electrons. The lowest BCUT2D eigenvalue weighted by Crippen LogP contribution is -2.48. The number of allylic oxidation sites excluding steroid dienone is 2. The molecular formula is C16H12F6S2. The molecule has 0 saturated carbocycles. The molecule has 8 heteroatoms. The second-order valence-corrected chi connectivity index (χ2v) is 8.15. The highest BCUT2D eigenvalue weighted by Gasteiger charge is 2.80. The van der Waals surface area contributed by atoms with Gasteiger partial charge in [-0.1, -0.05) is 0 Å². The van der Waals surface area contributed by atoms with Crippen LogP contribution in [0.25, 0.3) is 11.1 Å². The molecule has 0 aromatic carbocycles. The molecular weight excluding hydrogens is 370 g/mol. The summed E-state index contributed by atoms with van der Waals surface area (Å²) in [5.74, 6) is -15.6. The van der Waals surface area contributed by atoms with Gasteiger partial charge in [0.05, 0.1) is 1.37 Å². The Morgan fingerprint density at radius 2 is 1.42 bits per heavy atom. The summed E-state index contributed by atoms with van der Waals surface area (Å²) in [6, 6.07) is 2.17. The lowest BCUT2D eigenvalue weighted by Gasteiger charge is -2.25. The monoisotopic (exact) mass is 383 g/mol. The molecule has 0 aliphatic heterocycles. The van der Waals surface area contributed by atoms with Crippen LogP contribution in [0.1, 0.15) is 27.1 Å². The summed E-state index contributed by atoms with van der Waals surface area (Å²) in [6.07, 6.45) is 0. The summed E-state index contributed by atoms with van der Waals surface area (Å²) in [6.45, 7) is 4.36. The summed E-state index contributed by atoms with van der Waals surface area (Å²) in [4.78, 5) is 0.935. The Morgan fingerprint density at radius 3 is 1.83 bits per heavy atom. The standard InChI is InChI=1S/C16H12F6S2/c1-7-6-11(9(3)24-7)13-12(10-4-5-23-8(10)2)14(17,18)16(21,22)15(13,19)20/h4-6H,1-3H3/i5D. The molecule has 0 fully saturated rings. The zero-order chi connectivity index (χ0) is 18.9. The van der Waals surface area contributed by atoms with Gasteiger partial charge in [0, 0.05) is 25.8 Å². The van der Waals surface area contributed by atoms with E-state index in [2.05, 4.69) is 0 Å². The van der Waals surface area contributed by atoms with Gasteiger partial charge in [0.2, 0.25) is 0 Å². The van der Waals surface area contributed by atoms with E-state index in [9.17, 15) is 26.3 Å². The molecule has 2 aromatic heterocycles. The number of thiophene rings is 2. The minimum Gasteiger partial charge on any atom is -0.194 e. The molecule has 0 unspecified atom stereocenters. The van der Waals surface area contributed by atoms with Gasteiger partial charge in [-0.3, -0.25) is 0 Å². The second kappa shape index (κ2) is 5.11. The third kappa shape index (κ3) is 2.05. The van der Waals surface area contributed by atoms with Crippen LogP contribution in [0, 0.1) is 20.8 Å². The van der Waals surface area contributed by atoms with Gasteiger partial charge in [0.1, 0.15) is 0 Å². The van der Waals surface area contributed by atoms with Gasteiger partial charge in [-0.05, 0) is 49.4 Å². The fourth-order valence-corrected chi connectivity index (χ4v) is 4.45. The van der Waals surface area contributed by atoms with Crippen molar-refractivity contribution in [3.63, 3.8) is 0 Å². The van der Waals surface area contributed by atoms with Crippen molar-refractivity contribution in [1.82, 2.24) is 0 Å². The summed E-state index contributed by atoms with van der Waals surface area (Å²) in [5, 5.41) is -0.160. The molecule has 0 N–H and O–H groups in total. The van der Waals surface area contributed by atoms with Gasteiger partial charge in [-0.25, -0.2) is 0 Å². The first-order chi connectivity index (χ1) is 11.3. The van der Waals surface area contributed by atoms with Crippen molar-refractivity contribution >= 4 is 33.8 Å². The number of aryl methyl sites for hydroxylation is 3. The highest BCUT2D eigenvalue weighted by Crippen LogP contribution is 2.65. The van der Waals surface area contributed by atoms with E-state index in [1.807, 2.05) is 0 Å². The van der Waals surface area contributed by atoms with Gasteiger partial charge in [-0.2, -0.15) is 26.3 Å². The van der Waals surface area contributed by atoms with Crippen molar-refractivity contribution < 1.29 is 27.7 Å². The molecule has 2 heterocycles. The van der Waals surface area contributed by atoms with Crippen molar-refractivity contribution in [3.05, 3.63) is 43.2 Å². The fraction of sp³-hybridized carbons (Fsp3) is 0.375. The van der Waals surface area contributed by atoms with Crippen LogP contribution in [0.3, 0.4) is 0 Å². The van der Waals surface area contributed by atoms with Crippen LogP contribution in [0.5, 0.6) is 0 Å². The summed E-state index contributed by atoms with van der Waals surface area (Å²) in [5.41, 5.74) is -3.44. The van der Waals surface area contributed by atoms with Crippen molar-refractivity contribution in [2.45, 2.75) is 38.5 Å². The van der Waals surface area contributed by atoms with E-state index in [1.165, 1.54) is 19.9 Å². The molecule has 0 spiro atoms. The Morgan fingerprint density at radius 1 is 0.875 bits per heavy atom. The lowest BCUT2D eigenvalue weighted by atomic mass is 9.95. The number of hydrogen-bond donors (Lipinski definition) is 0. The van der Waals surface area contributed by atoms with E-state index in [1.54, 1.807) is 6.92 Å². The van der Waals surface area contributed by atoms with E-state index in [0.717, 1.165) is 28.7 Å². The average molecular weight is 383 g/mol. The minimum atomic E-state index is -5.55. The van der Waals surface area contributed by atoms with Crippen LogP contribution in [0.4, 0.5) is 26.3 Å². The molecule has 130 valence electrons. The molecule has 1 aliphatic rings. The van der Waals surface area contributed by atoms with Crippen LogP contribution >= 0.6 is 22.7 Å². The predicted molar refractivity (Wildman–Crippen MR) is 84.5 cm³/mol. The summed E-state index contributed by atoms with van der Waals surface area (Å²) < 4.78 is 93.7. The topological polar surface area (TPSA) is 0 Å². The summed E-state index contributed by atoms with van der Waals surface area (Å²) >= 11 is 1.85. The predicted octanol–water partition coefficient (Wildman–Crippen LogP) is 6.57. The normalized spacial score (nSPS) is 22.1. The Hall–Kier alpha value is -1.28. The van der Waals surface area contributed by atoms with Crippen LogP contribution in [0.15, 0.2) is 17.5 Å². The van der Waals surface area contributed by atoms with Crippen LogP contribution in [-0.2, 0) is 0 Å². The summed E-state index contributed by atoms with van der Waals surface area (Å²) in [7, 11) is 0. The molecule has 0 atom stereocenters. The number of rotatable bonds is 2. The SMILES string of the molecule is [2H]c1cc(C2=C(c3cc(C)sc3C)C(F)(F)C(F)(F)C2(F)F)c(C)s1. The minimum absolute atomic E-state index is 0.121. The first-order valence-electron chi connectivity index (χ1n) is 7.36. The second-order valence-electron chi connectivity index (χ2n) is 5.63. The first kappa shape index (κ1) is 16.2. The molecule has 0 saturated heterocycles. The van der Waals surface area contributed by atoms with Crippen molar-refractivity contribution in [1.29, 1.82) is 0 Å². The Kier molecular flexibility index (Phi) is 3.45. The maximum absolute atomic E-state index is 14.5. The quantitative estimate of drug-likeness (QED) is 0.515. The number of hydrogen-bond acceptors (Lipinski definition) is 2. The lowest BCUT2D eigenvalue weighted by molar-refractivity contribution is -0.254. The van der Waals surface area contributed by atoms with Crippen LogP contribution in [-0.4, -0.2) is 17.8 Å². The molecule has 0 nitrogen and oxygen atoms in total. The first-order valence-corrected chi connectivity index (χ1v) is 8.49. The highest BCUT2D eigenvalue weighted by atomic mass is 32.1. The van der Waals surface area contributed by atoms with E-state index >= 15 is 0 Å². The van der Waals surface area contributed by atoms with Crippen LogP contribution in [0.2, 0.25) is 0 Å².